The molecule has 3 heterocycles. The summed E-state index contributed by atoms with van der Waals surface area (Å²) in [5.74, 6) is 1.16. The second kappa shape index (κ2) is 9.33. The van der Waals surface area contributed by atoms with E-state index in [2.05, 4.69) is 25.3 Å². The van der Waals surface area contributed by atoms with Crippen molar-refractivity contribution < 1.29 is 14.3 Å². The lowest BCUT2D eigenvalue weighted by Gasteiger charge is -2.26. The van der Waals surface area contributed by atoms with Gasteiger partial charge in [-0.2, -0.15) is 15.0 Å². The number of carbonyl (C=O) groups is 1. The number of aromatic nitrogens is 4. The number of rotatable bonds is 7. The first-order valence-electron chi connectivity index (χ1n) is 9.08. The van der Waals surface area contributed by atoms with Gasteiger partial charge in [-0.1, -0.05) is 23.9 Å². The van der Waals surface area contributed by atoms with E-state index in [4.69, 9.17) is 9.47 Å². The van der Waals surface area contributed by atoms with Crippen LogP contribution in [-0.4, -0.2) is 65.0 Å². The third-order valence-corrected chi connectivity index (χ3v) is 6.35. The summed E-state index contributed by atoms with van der Waals surface area (Å²) in [6, 6.07) is 8.16. The third-order valence-electron chi connectivity index (χ3n) is 4.17. The molecule has 1 aromatic carbocycles. The molecular formula is C18H20N6O3S2. The van der Waals surface area contributed by atoms with Crippen LogP contribution >= 0.6 is 23.1 Å². The summed E-state index contributed by atoms with van der Waals surface area (Å²) in [4.78, 5) is 31.8. The maximum Gasteiger partial charge on any atom is 0.321 e. The van der Waals surface area contributed by atoms with Gasteiger partial charge in [0.25, 0.3) is 0 Å². The van der Waals surface area contributed by atoms with Gasteiger partial charge in [0.15, 0.2) is 10.2 Å². The monoisotopic (exact) mass is 432 g/mol. The van der Waals surface area contributed by atoms with Gasteiger partial charge in [0.05, 0.1) is 42.8 Å². The lowest BCUT2D eigenvalue weighted by atomic mass is 10.3. The van der Waals surface area contributed by atoms with E-state index in [0.29, 0.717) is 38.1 Å². The predicted molar refractivity (Wildman–Crippen MR) is 112 cm³/mol. The first-order valence-corrected chi connectivity index (χ1v) is 10.9. The number of ether oxygens (including phenoxy) is 2. The molecule has 0 spiro atoms. The van der Waals surface area contributed by atoms with Gasteiger partial charge in [-0.3, -0.25) is 4.79 Å². The number of para-hydroxylation sites is 1. The fourth-order valence-corrected chi connectivity index (χ4v) is 4.63. The molecule has 0 saturated carbocycles. The van der Waals surface area contributed by atoms with Crippen molar-refractivity contribution in [2.45, 2.75) is 10.9 Å². The predicted octanol–water partition coefficient (Wildman–Crippen LogP) is 1.73. The van der Waals surface area contributed by atoms with E-state index in [9.17, 15) is 4.79 Å². The summed E-state index contributed by atoms with van der Waals surface area (Å²) in [5, 5.41) is 2.85. The molecular weight excluding hydrogens is 412 g/mol. The third kappa shape index (κ3) is 5.11. The average molecular weight is 433 g/mol. The van der Waals surface area contributed by atoms with E-state index < -0.39 is 0 Å². The number of hydrogen-bond donors (Lipinski definition) is 1. The van der Waals surface area contributed by atoms with Gasteiger partial charge in [-0.15, -0.1) is 11.3 Å². The number of amides is 1. The SMILES string of the molecule is COc1nc(CNC(=O)CSc2nc3ccccc3s2)nc(N2CCOCC2)n1. The highest BCUT2D eigenvalue weighted by atomic mass is 32.2. The van der Waals surface area contributed by atoms with Crippen LogP contribution in [0.4, 0.5) is 5.95 Å². The van der Waals surface area contributed by atoms with Crippen molar-refractivity contribution in [1.82, 2.24) is 25.3 Å². The van der Waals surface area contributed by atoms with Crippen LogP contribution in [0, 0.1) is 0 Å². The molecule has 0 radical (unpaired) electrons. The zero-order valence-electron chi connectivity index (χ0n) is 15.8. The highest BCUT2D eigenvalue weighted by Gasteiger charge is 2.17. The smallest absolute Gasteiger partial charge is 0.321 e. The summed E-state index contributed by atoms with van der Waals surface area (Å²) < 4.78 is 12.5. The molecule has 11 heteroatoms. The Kier molecular flexibility index (Phi) is 6.37. The van der Waals surface area contributed by atoms with Crippen LogP contribution in [-0.2, 0) is 16.1 Å². The number of thioether (sulfide) groups is 1. The van der Waals surface area contributed by atoms with Crippen LogP contribution in [0.3, 0.4) is 0 Å². The first kappa shape index (κ1) is 19.8. The molecule has 152 valence electrons. The van der Waals surface area contributed by atoms with Crippen LogP contribution < -0.4 is 15.0 Å². The van der Waals surface area contributed by atoms with Crippen molar-refractivity contribution >= 4 is 45.2 Å². The molecule has 1 aliphatic rings. The summed E-state index contributed by atoms with van der Waals surface area (Å²) in [7, 11) is 1.51. The Bertz CT molecular complexity index is 960. The molecule has 29 heavy (non-hydrogen) atoms. The van der Waals surface area contributed by atoms with E-state index in [1.807, 2.05) is 29.2 Å². The number of nitrogens with one attached hydrogen (secondary N) is 1. The average Bonchev–Trinajstić information content (AvgIpc) is 3.19. The molecule has 1 aliphatic heterocycles. The fraction of sp³-hybridized carbons (Fsp3) is 0.389. The molecule has 4 rings (SSSR count). The summed E-state index contributed by atoms with van der Waals surface area (Å²) in [6.45, 7) is 2.87. The van der Waals surface area contributed by atoms with Crippen molar-refractivity contribution in [3.63, 3.8) is 0 Å². The number of methoxy groups -OCH3 is 1. The molecule has 1 fully saturated rings. The van der Waals surface area contributed by atoms with E-state index >= 15 is 0 Å². The molecule has 1 N–H and O–H groups in total. The zero-order chi connectivity index (χ0) is 20.1. The number of hydrogen-bond acceptors (Lipinski definition) is 10. The molecule has 0 atom stereocenters. The minimum absolute atomic E-state index is 0.110. The van der Waals surface area contributed by atoms with E-state index in [1.165, 1.54) is 18.9 Å². The van der Waals surface area contributed by atoms with Gasteiger partial charge in [0, 0.05) is 13.1 Å². The molecule has 0 bridgehead atoms. The van der Waals surface area contributed by atoms with Crippen molar-refractivity contribution in [2.75, 3.05) is 44.1 Å². The Labute approximate surface area is 175 Å². The lowest BCUT2D eigenvalue weighted by Crippen LogP contribution is -2.37. The van der Waals surface area contributed by atoms with Crippen LogP contribution in [0.15, 0.2) is 28.6 Å². The van der Waals surface area contributed by atoms with Crippen LogP contribution in [0.2, 0.25) is 0 Å². The Morgan fingerprint density at radius 2 is 2.07 bits per heavy atom. The quantitative estimate of drug-likeness (QED) is 0.559. The summed E-state index contributed by atoms with van der Waals surface area (Å²) in [5.41, 5.74) is 0.952. The van der Waals surface area contributed by atoms with Gasteiger partial charge in [-0.25, -0.2) is 4.98 Å². The van der Waals surface area contributed by atoms with Crippen molar-refractivity contribution in [3.8, 4) is 6.01 Å². The molecule has 0 unspecified atom stereocenters. The van der Waals surface area contributed by atoms with Crippen LogP contribution in [0.25, 0.3) is 10.2 Å². The van der Waals surface area contributed by atoms with Gasteiger partial charge >= 0.3 is 6.01 Å². The van der Waals surface area contributed by atoms with Crippen molar-refractivity contribution in [1.29, 1.82) is 0 Å². The lowest BCUT2D eigenvalue weighted by molar-refractivity contribution is -0.118. The minimum Gasteiger partial charge on any atom is -0.467 e. The summed E-state index contributed by atoms with van der Waals surface area (Å²) >= 11 is 3.00. The number of anilines is 1. The van der Waals surface area contributed by atoms with Gasteiger partial charge in [-0.05, 0) is 12.1 Å². The number of morpholine rings is 1. The number of thiazole rings is 1. The second-order valence-corrected chi connectivity index (χ2v) is 8.40. The van der Waals surface area contributed by atoms with Crippen LogP contribution in [0.1, 0.15) is 5.82 Å². The Morgan fingerprint density at radius 1 is 1.24 bits per heavy atom. The second-order valence-electron chi connectivity index (χ2n) is 6.15. The normalized spacial score (nSPS) is 14.2. The molecule has 1 amide bonds. The largest absolute Gasteiger partial charge is 0.467 e. The highest BCUT2D eigenvalue weighted by molar-refractivity contribution is 8.01. The van der Waals surface area contributed by atoms with Gasteiger partial charge in [0.2, 0.25) is 11.9 Å². The first-order chi connectivity index (χ1) is 14.2. The topological polar surface area (TPSA) is 102 Å². The standard InChI is InChI=1S/C18H20N6O3S2/c1-26-17-22-14(21-16(23-17)24-6-8-27-9-7-24)10-19-15(25)11-28-18-20-12-4-2-3-5-13(12)29-18/h2-5H,6-11H2,1H3,(H,19,25). The van der Waals surface area contributed by atoms with Gasteiger partial charge < -0.3 is 19.7 Å². The van der Waals surface area contributed by atoms with Crippen molar-refractivity contribution in [3.05, 3.63) is 30.1 Å². The number of nitrogens with zero attached hydrogens (tertiary/aromatic N) is 5. The highest BCUT2D eigenvalue weighted by Crippen LogP contribution is 2.29. The maximum absolute atomic E-state index is 12.3. The van der Waals surface area contributed by atoms with Crippen molar-refractivity contribution in [2.24, 2.45) is 0 Å². The molecule has 2 aromatic heterocycles. The number of fused-ring (bicyclic) bond motifs is 1. The van der Waals surface area contributed by atoms with E-state index in [1.54, 1.807) is 11.3 Å². The van der Waals surface area contributed by atoms with Gasteiger partial charge in [0.1, 0.15) is 0 Å². The Balaban J connectivity index is 1.34. The molecule has 3 aromatic rings. The number of carbonyl (C=O) groups excluding carboxylic acids is 1. The fourth-order valence-electron chi connectivity index (χ4n) is 2.73. The molecule has 0 aliphatic carbocycles. The zero-order valence-corrected chi connectivity index (χ0v) is 17.5. The minimum atomic E-state index is -0.110. The Morgan fingerprint density at radius 3 is 2.86 bits per heavy atom. The summed E-state index contributed by atoms with van der Waals surface area (Å²) in [6.07, 6.45) is 0. The van der Waals surface area contributed by atoms with E-state index in [-0.39, 0.29) is 24.2 Å². The maximum atomic E-state index is 12.3. The van der Waals surface area contributed by atoms with E-state index in [0.717, 1.165) is 14.6 Å². The number of benzene rings is 1. The molecule has 9 nitrogen and oxygen atoms in total. The Hall–Kier alpha value is -2.50. The van der Waals surface area contributed by atoms with Crippen LogP contribution in [0.5, 0.6) is 6.01 Å². The molecule has 1 saturated heterocycles.